The fraction of sp³-hybridized carbons (Fsp3) is 0.111. The van der Waals surface area contributed by atoms with Gasteiger partial charge in [0, 0.05) is 0 Å². The highest BCUT2D eigenvalue weighted by atomic mass is 16.4. The predicted octanol–water partition coefficient (Wildman–Crippen LogP) is 3.69. The third-order valence-corrected chi connectivity index (χ3v) is 3.56. The van der Waals surface area contributed by atoms with Crippen LogP contribution in [0.5, 0.6) is 0 Å². The van der Waals surface area contributed by atoms with Crippen molar-refractivity contribution in [1.29, 1.82) is 0 Å². The van der Waals surface area contributed by atoms with Gasteiger partial charge in [0.15, 0.2) is 0 Å². The summed E-state index contributed by atoms with van der Waals surface area (Å²) in [5.74, 6) is -2.49. The number of benzene rings is 2. The molecule has 2 N–H and O–H groups in total. The Morgan fingerprint density at radius 1 is 0.864 bits per heavy atom. The zero-order valence-electron chi connectivity index (χ0n) is 12.0. The van der Waals surface area contributed by atoms with Gasteiger partial charge in [0.1, 0.15) is 0 Å². The molecule has 0 fully saturated rings. The summed E-state index contributed by atoms with van der Waals surface area (Å²) in [5, 5.41) is 20.6. The number of hydrogen-bond donors (Lipinski definition) is 2. The first kappa shape index (κ1) is 15.5. The number of carboxylic acid groups (broad SMARTS) is 2. The van der Waals surface area contributed by atoms with Gasteiger partial charge >= 0.3 is 11.9 Å². The molecule has 0 bridgehead atoms. The summed E-state index contributed by atoms with van der Waals surface area (Å²) >= 11 is 0. The van der Waals surface area contributed by atoms with Crippen molar-refractivity contribution in [2.45, 2.75) is 12.8 Å². The molecule has 4 nitrogen and oxygen atoms in total. The van der Waals surface area contributed by atoms with E-state index >= 15 is 0 Å². The molecule has 0 atom stereocenters. The van der Waals surface area contributed by atoms with Crippen molar-refractivity contribution >= 4 is 22.7 Å². The van der Waals surface area contributed by atoms with E-state index in [1.165, 1.54) is 0 Å². The molecule has 2 rings (SSSR count). The second-order valence-corrected chi connectivity index (χ2v) is 4.85. The van der Waals surface area contributed by atoms with Crippen LogP contribution in [0.15, 0.2) is 49.6 Å². The van der Waals surface area contributed by atoms with Crippen LogP contribution >= 0.6 is 0 Å². The minimum absolute atomic E-state index is 0.164. The largest absolute Gasteiger partial charge is 0.478 e. The van der Waals surface area contributed by atoms with Crippen molar-refractivity contribution < 1.29 is 19.8 Å². The highest BCUT2D eigenvalue weighted by Crippen LogP contribution is 2.32. The van der Waals surface area contributed by atoms with E-state index in [1.807, 2.05) is 0 Å². The summed E-state index contributed by atoms with van der Waals surface area (Å²) in [6.45, 7) is 7.28. The van der Waals surface area contributed by atoms with Gasteiger partial charge in [-0.25, -0.2) is 9.59 Å². The molecule has 0 aliphatic heterocycles. The molecule has 0 radical (unpaired) electrons. The fourth-order valence-corrected chi connectivity index (χ4v) is 2.77. The summed E-state index contributed by atoms with van der Waals surface area (Å²) in [6, 6.07) is 7.22. The first-order chi connectivity index (χ1) is 10.5. The lowest BCUT2D eigenvalue weighted by Gasteiger charge is -2.17. The topological polar surface area (TPSA) is 74.6 Å². The number of aromatic carboxylic acids is 2. The molecular weight excluding hydrogens is 280 g/mol. The number of hydrogen-bond acceptors (Lipinski definition) is 2. The number of allylic oxidation sites excluding steroid dienone is 2. The van der Waals surface area contributed by atoms with Gasteiger partial charge in [0.25, 0.3) is 0 Å². The SMILES string of the molecule is C=CCc1c(C(=O)O)c(C(=O)O)c(CC=C)c2ccccc12. The molecule has 0 saturated heterocycles. The van der Waals surface area contributed by atoms with E-state index in [2.05, 4.69) is 13.2 Å². The molecule has 0 aromatic heterocycles. The average Bonchev–Trinajstić information content (AvgIpc) is 2.48. The Labute approximate surface area is 128 Å². The fourth-order valence-electron chi connectivity index (χ4n) is 2.77. The van der Waals surface area contributed by atoms with Gasteiger partial charge in [-0.15, -0.1) is 13.2 Å². The zero-order valence-corrected chi connectivity index (χ0v) is 12.0. The minimum Gasteiger partial charge on any atom is -0.478 e. The Morgan fingerprint density at radius 3 is 1.50 bits per heavy atom. The van der Waals surface area contributed by atoms with E-state index in [4.69, 9.17) is 0 Å². The number of carbonyl (C=O) groups is 2. The van der Waals surface area contributed by atoms with Crippen molar-refractivity contribution in [2.24, 2.45) is 0 Å². The highest BCUT2D eigenvalue weighted by Gasteiger charge is 2.26. The molecular formula is C18H16O4. The van der Waals surface area contributed by atoms with Gasteiger partial charge in [-0.3, -0.25) is 0 Å². The van der Waals surface area contributed by atoms with Crippen molar-refractivity contribution in [3.63, 3.8) is 0 Å². The molecule has 0 spiro atoms. The smallest absolute Gasteiger partial charge is 0.336 e. The molecule has 4 heteroatoms. The van der Waals surface area contributed by atoms with E-state index in [1.54, 1.807) is 36.4 Å². The minimum atomic E-state index is -1.25. The van der Waals surface area contributed by atoms with Crippen molar-refractivity contribution in [3.8, 4) is 0 Å². The second-order valence-electron chi connectivity index (χ2n) is 4.85. The summed E-state index contributed by atoms with van der Waals surface area (Å²) < 4.78 is 0. The number of fused-ring (bicyclic) bond motifs is 1. The van der Waals surface area contributed by atoms with Crippen molar-refractivity contribution in [2.75, 3.05) is 0 Å². The maximum absolute atomic E-state index is 11.7. The van der Waals surface area contributed by atoms with E-state index in [0.29, 0.717) is 11.1 Å². The summed E-state index contributed by atoms with van der Waals surface area (Å²) in [5.41, 5.74) is 0.623. The second kappa shape index (κ2) is 6.26. The first-order valence-electron chi connectivity index (χ1n) is 6.77. The standard InChI is InChI=1S/C18H16O4/c1-3-7-13-11-9-5-6-10-12(11)14(8-4-2)16(18(21)22)15(13)17(19)20/h3-6,9-10H,1-2,7-8H2,(H,19,20)(H,21,22). The molecule has 0 amide bonds. The molecule has 2 aromatic carbocycles. The Kier molecular flexibility index (Phi) is 4.41. The maximum Gasteiger partial charge on any atom is 0.336 e. The molecule has 0 unspecified atom stereocenters. The zero-order chi connectivity index (χ0) is 16.3. The van der Waals surface area contributed by atoms with Gasteiger partial charge in [-0.1, -0.05) is 36.4 Å². The van der Waals surface area contributed by atoms with Crippen LogP contribution in [0.4, 0.5) is 0 Å². The van der Waals surface area contributed by atoms with E-state index < -0.39 is 11.9 Å². The Morgan fingerprint density at radius 2 is 1.23 bits per heavy atom. The average molecular weight is 296 g/mol. The molecule has 0 aliphatic rings. The van der Waals surface area contributed by atoms with Gasteiger partial charge < -0.3 is 10.2 Å². The van der Waals surface area contributed by atoms with Crippen LogP contribution in [-0.2, 0) is 12.8 Å². The molecule has 22 heavy (non-hydrogen) atoms. The first-order valence-corrected chi connectivity index (χ1v) is 6.77. The van der Waals surface area contributed by atoms with Crippen LogP contribution < -0.4 is 0 Å². The van der Waals surface area contributed by atoms with Crippen LogP contribution in [0, 0.1) is 0 Å². The molecule has 0 saturated carbocycles. The third-order valence-electron chi connectivity index (χ3n) is 3.56. The van der Waals surface area contributed by atoms with Crippen LogP contribution in [-0.4, -0.2) is 22.2 Å². The Hall–Kier alpha value is -2.88. The number of carboxylic acids is 2. The van der Waals surface area contributed by atoms with E-state index in [0.717, 1.165) is 10.8 Å². The molecule has 0 aliphatic carbocycles. The third kappa shape index (κ3) is 2.51. The van der Waals surface area contributed by atoms with Crippen LogP contribution in [0.1, 0.15) is 31.8 Å². The van der Waals surface area contributed by atoms with Crippen LogP contribution in [0.2, 0.25) is 0 Å². The van der Waals surface area contributed by atoms with Crippen LogP contribution in [0.25, 0.3) is 10.8 Å². The quantitative estimate of drug-likeness (QED) is 0.797. The Bertz CT molecular complexity index is 721. The molecule has 112 valence electrons. The number of rotatable bonds is 6. The van der Waals surface area contributed by atoms with E-state index in [9.17, 15) is 19.8 Å². The lowest BCUT2D eigenvalue weighted by molar-refractivity contribution is 0.0650. The molecule has 0 heterocycles. The van der Waals surface area contributed by atoms with E-state index in [-0.39, 0.29) is 24.0 Å². The normalized spacial score (nSPS) is 10.4. The van der Waals surface area contributed by atoms with Crippen molar-refractivity contribution in [3.05, 3.63) is 71.8 Å². The highest BCUT2D eigenvalue weighted by molar-refractivity contribution is 6.10. The summed E-state index contributed by atoms with van der Waals surface area (Å²) in [4.78, 5) is 23.4. The van der Waals surface area contributed by atoms with Crippen LogP contribution in [0.3, 0.4) is 0 Å². The van der Waals surface area contributed by atoms with Gasteiger partial charge in [-0.2, -0.15) is 0 Å². The maximum atomic E-state index is 11.7. The van der Waals surface area contributed by atoms with Gasteiger partial charge in [0.05, 0.1) is 11.1 Å². The van der Waals surface area contributed by atoms with Gasteiger partial charge in [0.2, 0.25) is 0 Å². The Balaban J connectivity index is 3.08. The monoisotopic (exact) mass is 296 g/mol. The van der Waals surface area contributed by atoms with Crippen molar-refractivity contribution in [1.82, 2.24) is 0 Å². The predicted molar refractivity (Wildman–Crippen MR) is 85.7 cm³/mol. The lowest BCUT2D eigenvalue weighted by atomic mass is 9.86. The summed E-state index contributed by atoms with van der Waals surface area (Å²) in [6.07, 6.45) is 3.73. The lowest BCUT2D eigenvalue weighted by Crippen LogP contribution is -2.15. The molecule has 2 aromatic rings. The summed E-state index contributed by atoms with van der Waals surface area (Å²) in [7, 11) is 0. The van der Waals surface area contributed by atoms with Gasteiger partial charge in [-0.05, 0) is 34.7 Å².